The minimum atomic E-state index is -0.0559. The number of carbonyl (C=O) groups excluding carboxylic acids is 1. The van der Waals surface area contributed by atoms with Crippen molar-refractivity contribution >= 4 is 17.2 Å². The first kappa shape index (κ1) is 17.7. The van der Waals surface area contributed by atoms with Crippen molar-refractivity contribution in [3.05, 3.63) is 45.8 Å². The number of fused-ring (bicyclic) bond motifs is 3. The van der Waals surface area contributed by atoms with Crippen molar-refractivity contribution in [2.75, 3.05) is 6.61 Å². The molecule has 0 aliphatic carbocycles. The number of rotatable bonds is 4. The number of aromatic amines is 1. The summed E-state index contributed by atoms with van der Waals surface area (Å²) >= 11 is 1.71. The van der Waals surface area contributed by atoms with E-state index in [2.05, 4.69) is 34.3 Å². The van der Waals surface area contributed by atoms with Crippen molar-refractivity contribution in [1.82, 2.24) is 25.5 Å². The maximum Gasteiger partial charge on any atom is 0.217 e. The number of carbonyl (C=O) groups is 1. The van der Waals surface area contributed by atoms with Gasteiger partial charge in [0.15, 0.2) is 0 Å². The molecule has 1 aliphatic heterocycles. The fourth-order valence-corrected chi connectivity index (χ4v) is 4.25. The van der Waals surface area contributed by atoms with E-state index in [1.54, 1.807) is 11.3 Å². The lowest BCUT2D eigenvalue weighted by molar-refractivity contribution is -0.119. The van der Waals surface area contributed by atoms with Gasteiger partial charge in [-0.2, -0.15) is 5.10 Å². The normalized spacial score (nSPS) is 15.6. The molecule has 0 saturated carbocycles. The first-order chi connectivity index (χ1) is 13.0. The smallest absolute Gasteiger partial charge is 0.217 e. The number of nitrogens with zero attached hydrogens (tertiary/aromatic N) is 3. The van der Waals surface area contributed by atoms with E-state index in [-0.39, 0.29) is 11.8 Å². The molecule has 0 spiro atoms. The molecule has 2 N–H and O–H groups in total. The van der Waals surface area contributed by atoms with E-state index < -0.39 is 0 Å². The van der Waals surface area contributed by atoms with Crippen LogP contribution in [0.15, 0.2) is 24.5 Å². The Bertz CT molecular complexity index is 965. The highest BCUT2D eigenvalue weighted by atomic mass is 32.1. The number of ether oxygens (including phenoxy) is 1. The van der Waals surface area contributed by atoms with Gasteiger partial charge in [-0.3, -0.25) is 9.89 Å². The van der Waals surface area contributed by atoms with Crippen molar-refractivity contribution in [3.8, 4) is 17.0 Å². The van der Waals surface area contributed by atoms with Crippen LogP contribution >= 0.6 is 11.3 Å². The molecule has 3 heterocycles. The van der Waals surface area contributed by atoms with Crippen LogP contribution in [-0.2, 0) is 11.3 Å². The van der Waals surface area contributed by atoms with Gasteiger partial charge in [0, 0.05) is 29.8 Å². The van der Waals surface area contributed by atoms with Gasteiger partial charge in [0.1, 0.15) is 24.5 Å². The first-order valence-corrected chi connectivity index (χ1v) is 9.71. The first-order valence-electron chi connectivity index (χ1n) is 8.89. The zero-order valence-electron chi connectivity index (χ0n) is 15.4. The van der Waals surface area contributed by atoms with E-state index in [1.807, 2.05) is 18.2 Å². The van der Waals surface area contributed by atoms with Crippen LogP contribution in [0.1, 0.15) is 53.9 Å². The Morgan fingerprint density at radius 3 is 3.00 bits per heavy atom. The van der Waals surface area contributed by atoms with Gasteiger partial charge in [0.2, 0.25) is 5.91 Å². The Morgan fingerprint density at radius 1 is 1.44 bits per heavy atom. The molecule has 27 heavy (non-hydrogen) atoms. The van der Waals surface area contributed by atoms with Crippen molar-refractivity contribution < 1.29 is 9.53 Å². The third-order valence-corrected chi connectivity index (χ3v) is 5.96. The van der Waals surface area contributed by atoms with Gasteiger partial charge in [0.25, 0.3) is 0 Å². The topological polar surface area (TPSA) is 92.8 Å². The Morgan fingerprint density at radius 2 is 2.30 bits per heavy atom. The lowest BCUT2D eigenvalue weighted by atomic mass is 10.0. The summed E-state index contributed by atoms with van der Waals surface area (Å²) in [6.07, 6.45) is 1.52. The largest absolute Gasteiger partial charge is 0.492 e. The maximum atomic E-state index is 11.2. The van der Waals surface area contributed by atoms with Crippen LogP contribution in [0.5, 0.6) is 5.75 Å². The molecular formula is C19H21N5O2S. The summed E-state index contributed by atoms with van der Waals surface area (Å²) in [5.74, 6) is 1.81. The highest BCUT2D eigenvalue weighted by Crippen LogP contribution is 2.44. The third kappa shape index (κ3) is 3.44. The van der Waals surface area contributed by atoms with Gasteiger partial charge in [-0.1, -0.05) is 19.9 Å². The second-order valence-corrected chi connectivity index (χ2v) is 7.96. The Balaban J connectivity index is 1.78. The molecule has 1 atom stereocenters. The fourth-order valence-electron chi connectivity index (χ4n) is 3.08. The molecule has 1 amide bonds. The van der Waals surface area contributed by atoms with Crippen molar-refractivity contribution in [2.45, 2.75) is 39.2 Å². The summed E-state index contributed by atoms with van der Waals surface area (Å²) in [5.41, 5.74) is 2.91. The number of thiazole rings is 1. The van der Waals surface area contributed by atoms with Gasteiger partial charge >= 0.3 is 0 Å². The van der Waals surface area contributed by atoms with Crippen LogP contribution < -0.4 is 10.1 Å². The van der Waals surface area contributed by atoms with Crippen LogP contribution in [0.4, 0.5) is 0 Å². The third-order valence-electron chi connectivity index (χ3n) is 4.49. The number of nitrogens with one attached hydrogen (secondary N) is 2. The lowest BCUT2D eigenvalue weighted by Crippen LogP contribution is -2.18. The zero-order chi connectivity index (χ0) is 19.0. The summed E-state index contributed by atoms with van der Waals surface area (Å²) in [6, 6.07) is 6.01. The highest BCUT2D eigenvalue weighted by molar-refractivity contribution is 7.12. The van der Waals surface area contributed by atoms with E-state index in [9.17, 15) is 4.79 Å². The molecule has 1 aromatic carbocycles. The van der Waals surface area contributed by atoms with Gasteiger partial charge in [0.05, 0.1) is 16.6 Å². The van der Waals surface area contributed by atoms with Crippen LogP contribution in [0.3, 0.4) is 0 Å². The molecule has 1 aliphatic rings. The second-order valence-electron chi connectivity index (χ2n) is 6.89. The van der Waals surface area contributed by atoms with Gasteiger partial charge in [-0.15, -0.1) is 11.3 Å². The van der Waals surface area contributed by atoms with Crippen LogP contribution in [0.25, 0.3) is 11.3 Å². The number of benzene rings is 1. The number of H-pyrrole nitrogens is 1. The van der Waals surface area contributed by atoms with E-state index >= 15 is 0 Å². The molecule has 0 fully saturated rings. The predicted octanol–water partition coefficient (Wildman–Crippen LogP) is 3.21. The number of hydrogen-bond acceptors (Lipinski definition) is 6. The van der Waals surface area contributed by atoms with Crippen LogP contribution in [0, 0.1) is 0 Å². The average Bonchev–Trinajstić information content (AvgIpc) is 3.29. The van der Waals surface area contributed by atoms with Crippen LogP contribution in [-0.4, -0.2) is 32.7 Å². The molecule has 2 aromatic heterocycles. The SMILES string of the molecule is CC(=O)NCc1ccc2c(c1)OCC(c1ncn[nH]1)c1sc(C(C)C)nc1-2. The lowest BCUT2D eigenvalue weighted by Gasteiger charge is -2.12. The van der Waals surface area contributed by atoms with Crippen molar-refractivity contribution in [3.63, 3.8) is 0 Å². The van der Waals surface area contributed by atoms with E-state index in [1.165, 1.54) is 13.3 Å². The van der Waals surface area contributed by atoms with Gasteiger partial charge in [-0.25, -0.2) is 9.97 Å². The molecule has 1 unspecified atom stereocenters. The summed E-state index contributed by atoms with van der Waals surface area (Å²) in [5, 5.41) is 10.9. The highest BCUT2D eigenvalue weighted by Gasteiger charge is 2.31. The minimum Gasteiger partial charge on any atom is -0.492 e. The number of amides is 1. The standard InChI is InChI=1S/C19H21N5O2S/c1-10(2)19-23-16-13-5-4-12(7-20-11(3)25)6-15(13)26-8-14(17(16)27-19)18-21-9-22-24-18/h4-6,9-10,14H,7-8H2,1-3H3,(H,20,25)(H,21,22,24). The minimum absolute atomic E-state index is 0.0429. The molecular weight excluding hydrogens is 362 g/mol. The summed E-state index contributed by atoms with van der Waals surface area (Å²) in [6.45, 7) is 6.74. The molecule has 7 nitrogen and oxygen atoms in total. The number of aromatic nitrogens is 4. The van der Waals surface area contributed by atoms with Crippen molar-refractivity contribution in [2.24, 2.45) is 0 Å². The second kappa shape index (κ2) is 7.11. The zero-order valence-corrected chi connectivity index (χ0v) is 16.3. The molecule has 4 rings (SSSR count). The molecule has 3 aromatic rings. The van der Waals surface area contributed by atoms with Crippen LogP contribution in [0.2, 0.25) is 0 Å². The summed E-state index contributed by atoms with van der Waals surface area (Å²) in [7, 11) is 0. The summed E-state index contributed by atoms with van der Waals surface area (Å²) < 4.78 is 6.14. The molecule has 0 radical (unpaired) electrons. The van der Waals surface area contributed by atoms with Gasteiger partial charge in [-0.05, 0) is 17.7 Å². The average molecular weight is 383 g/mol. The Kier molecular flexibility index (Phi) is 4.65. The van der Waals surface area contributed by atoms with Crippen molar-refractivity contribution in [1.29, 1.82) is 0 Å². The van der Waals surface area contributed by atoms with E-state index in [4.69, 9.17) is 9.72 Å². The fraction of sp³-hybridized carbons (Fsp3) is 0.368. The maximum absolute atomic E-state index is 11.2. The van der Waals surface area contributed by atoms with Gasteiger partial charge < -0.3 is 10.1 Å². The number of hydrogen-bond donors (Lipinski definition) is 2. The predicted molar refractivity (Wildman–Crippen MR) is 103 cm³/mol. The van der Waals surface area contributed by atoms with E-state index in [0.717, 1.165) is 38.3 Å². The quantitative estimate of drug-likeness (QED) is 0.722. The monoisotopic (exact) mass is 383 g/mol. The molecule has 140 valence electrons. The molecule has 0 bridgehead atoms. The Labute approximate surface area is 161 Å². The Hall–Kier alpha value is -2.74. The van der Waals surface area contributed by atoms with E-state index in [0.29, 0.717) is 19.1 Å². The summed E-state index contributed by atoms with van der Waals surface area (Å²) in [4.78, 5) is 21.6. The molecule has 0 saturated heterocycles. The molecule has 8 heteroatoms.